The second kappa shape index (κ2) is 12.5. The zero-order valence-corrected chi connectivity index (χ0v) is 24.6. The Hall–Kier alpha value is -4.94. The molecule has 226 valence electrons. The molecule has 4 aromatic rings. The van der Waals surface area contributed by atoms with Crippen molar-refractivity contribution in [1.82, 2.24) is 30.2 Å². The molecule has 2 heterocycles. The highest BCUT2D eigenvalue weighted by Gasteiger charge is 2.20. The highest BCUT2D eigenvalue weighted by Crippen LogP contribution is 2.35. The molecule has 0 saturated heterocycles. The molecule has 2 aromatic carbocycles. The minimum atomic E-state index is -0.683. The van der Waals surface area contributed by atoms with Crippen molar-refractivity contribution >= 4 is 51.3 Å². The number of benzene rings is 2. The summed E-state index contributed by atoms with van der Waals surface area (Å²) < 4.78 is 23.1. The van der Waals surface area contributed by atoms with Crippen molar-refractivity contribution in [3.63, 3.8) is 0 Å². The van der Waals surface area contributed by atoms with E-state index in [2.05, 4.69) is 20.8 Å². The van der Waals surface area contributed by atoms with E-state index in [-0.39, 0.29) is 49.7 Å². The van der Waals surface area contributed by atoms with Gasteiger partial charge in [0, 0.05) is 29.2 Å². The van der Waals surface area contributed by atoms with Crippen LogP contribution in [0.5, 0.6) is 0 Å². The number of aryl methyl sites for hydroxylation is 1. The van der Waals surface area contributed by atoms with Crippen LogP contribution >= 0.6 is 0 Å². The number of hydrogen-bond donors (Lipinski definition) is 2. The molecule has 2 N–H and O–H groups in total. The van der Waals surface area contributed by atoms with Crippen molar-refractivity contribution in [2.24, 2.45) is 0 Å². The van der Waals surface area contributed by atoms with E-state index < -0.39 is 29.2 Å². The number of hydrogen-bond acceptors (Lipinski definition) is 8. The summed E-state index contributed by atoms with van der Waals surface area (Å²) in [6.07, 6.45) is 1.46. The summed E-state index contributed by atoms with van der Waals surface area (Å²) in [7, 11) is 0. The third kappa shape index (κ3) is 7.48. The number of nitrogens with one attached hydrogen (secondary N) is 2. The van der Waals surface area contributed by atoms with Gasteiger partial charge < -0.3 is 20.2 Å². The maximum Gasteiger partial charge on any atom is 0.325 e. The number of nitrogens with zero attached hydrogens (tertiary/aromatic N) is 4. The Kier molecular flexibility index (Phi) is 9.02. The van der Waals surface area contributed by atoms with E-state index in [0.717, 1.165) is 0 Å². The maximum absolute atomic E-state index is 15.4. The first-order valence-electron chi connectivity index (χ1n) is 13.6. The number of amides is 2. The molecule has 2 amide bonds. The number of aromatic nitrogens is 4. The van der Waals surface area contributed by atoms with Crippen LogP contribution < -0.4 is 10.6 Å². The summed E-state index contributed by atoms with van der Waals surface area (Å²) in [5.74, 6) is -2.69. The number of fused-ring (bicyclic) bond motifs is 2. The second-order valence-corrected chi connectivity index (χ2v) is 11.1. The molecule has 0 aliphatic rings. The molecular weight excluding hydrogens is 559 g/mol. The van der Waals surface area contributed by atoms with Crippen LogP contribution in [-0.4, -0.2) is 67.7 Å². The predicted molar refractivity (Wildman–Crippen MR) is 156 cm³/mol. The molecule has 0 spiro atoms. The number of carbonyl (C=O) groups is 5. The Labute approximate surface area is 246 Å². The van der Waals surface area contributed by atoms with E-state index in [1.165, 1.54) is 34.6 Å². The van der Waals surface area contributed by atoms with Gasteiger partial charge in [-0.3, -0.25) is 23.9 Å². The Bertz CT molecular complexity index is 1750. The van der Waals surface area contributed by atoms with Crippen LogP contribution in [0.1, 0.15) is 51.0 Å². The summed E-state index contributed by atoms with van der Waals surface area (Å²) in [5.41, 5.74) is 1.54. The van der Waals surface area contributed by atoms with Crippen LogP contribution in [0.25, 0.3) is 32.9 Å². The molecule has 12 nitrogen and oxygen atoms in total. The highest BCUT2D eigenvalue weighted by atomic mass is 19.1. The summed E-state index contributed by atoms with van der Waals surface area (Å²) in [4.78, 5) is 60.6. The lowest BCUT2D eigenvalue weighted by atomic mass is 9.98. The van der Waals surface area contributed by atoms with Crippen molar-refractivity contribution in [2.75, 3.05) is 13.1 Å². The molecule has 0 atom stereocenters. The number of halogens is 1. The lowest BCUT2D eigenvalue weighted by Gasteiger charge is -2.19. The molecule has 0 aliphatic heterocycles. The second-order valence-electron chi connectivity index (χ2n) is 11.1. The van der Waals surface area contributed by atoms with Crippen LogP contribution in [-0.2, 0) is 30.5 Å². The summed E-state index contributed by atoms with van der Waals surface area (Å²) in [5, 5.41) is 14.5. The van der Waals surface area contributed by atoms with Crippen LogP contribution in [0.4, 0.5) is 4.39 Å². The number of esters is 1. The molecule has 0 saturated carbocycles. The average Bonchev–Trinajstić information content (AvgIpc) is 3.48. The zero-order chi connectivity index (χ0) is 31.5. The van der Waals surface area contributed by atoms with Crippen LogP contribution in [0.2, 0.25) is 0 Å². The van der Waals surface area contributed by atoms with Crippen molar-refractivity contribution in [3.8, 4) is 11.1 Å². The Morgan fingerprint density at radius 1 is 0.953 bits per heavy atom. The lowest BCUT2D eigenvalue weighted by Crippen LogP contribution is -2.41. The number of Topliss-reactive ketones (excluding diaryl/α,β-unsaturated/α-hetero) is 1. The smallest absolute Gasteiger partial charge is 0.325 e. The van der Waals surface area contributed by atoms with Crippen molar-refractivity contribution in [2.45, 2.75) is 59.6 Å². The van der Waals surface area contributed by atoms with Gasteiger partial charge in [0.05, 0.1) is 29.5 Å². The van der Waals surface area contributed by atoms with E-state index in [4.69, 9.17) is 4.74 Å². The zero-order valence-electron chi connectivity index (χ0n) is 24.6. The molecule has 0 radical (unpaired) electrons. The van der Waals surface area contributed by atoms with Gasteiger partial charge in [-0.1, -0.05) is 12.1 Å². The average molecular weight is 593 g/mol. The first kappa shape index (κ1) is 31.0. The van der Waals surface area contributed by atoms with Gasteiger partial charge in [0.15, 0.2) is 0 Å². The molecule has 0 bridgehead atoms. The molecule has 13 heteroatoms. The van der Waals surface area contributed by atoms with Crippen molar-refractivity contribution in [1.29, 1.82) is 0 Å². The third-order valence-corrected chi connectivity index (χ3v) is 6.42. The Morgan fingerprint density at radius 2 is 1.67 bits per heavy atom. The van der Waals surface area contributed by atoms with E-state index >= 15 is 4.39 Å². The number of ether oxygens (including phenoxy) is 1. The largest absolute Gasteiger partial charge is 0.459 e. The van der Waals surface area contributed by atoms with E-state index in [1.54, 1.807) is 45.9 Å². The normalized spacial score (nSPS) is 11.5. The predicted octanol–water partition coefficient (Wildman–Crippen LogP) is 3.08. The van der Waals surface area contributed by atoms with Gasteiger partial charge in [-0.15, -0.1) is 0 Å². The van der Waals surface area contributed by atoms with E-state index in [1.807, 2.05) is 0 Å². The highest BCUT2D eigenvalue weighted by molar-refractivity contribution is 6.01. The molecule has 4 rings (SSSR count). The maximum atomic E-state index is 15.4. The minimum absolute atomic E-state index is 0.0201. The standard InChI is InChI=1S/C30H33FN6O6/c1-17(38)9-10-27(41)37-24-12-21(22(31)11-19(24)13-34-37)20-7-6-8-23-29(20)18(2)35-36(23)16-26(40)32-14-25(39)33-15-28(42)43-30(3,4)5/h6-8,11-13H,9-10,14-16H2,1-5H3,(H,32,40)(H,33,39). The van der Waals surface area contributed by atoms with Crippen LogP contribution in [0, 0.1) is 12.7 Å². The molecule has 43 heavy (non-hydrogen) atoms. The number of ketones is 1. The van der Waals surface area contributed by atoms with Crippen molar-refractivity contribution < 1.29 is 33.1 Å². The minimum Gasteiger partial charge on any atom is -0.459 e. The summed E-state index contributed by atoms with van der Waals surface area (Å²) >= 11 is 0. The van der Waals surface area contributed by atoms with Gasteiger partial charge in [0.25, 0.3) is 0 Å². The summed E-state index contributed by atoms with van der Waals surface area (Å²) in [6, 6.07) is 8.00. The lowest BCUT2D eigenvalue weighted by molar-refractivity contribution is -0.154. The quantitative estimate of drug-likeness (QED) is 0.266. The van der Waals surface area contributed by atoms with E-state index in [9.17, 15) is 24.0 Å². The van der Waals surface area contributed by atoms with Gasteiger partial charge in [-0.25, -0.2) is 9.07 Å². The topological polar surface area (TPSA) is 154 Å². The molecule has 0 aliphatic carbocycles. The number of rotatable bonds is 10. The molecule has 2 aromatic heterocycles. The fourth-order valence-electron chi connectivity index (χ4n) is 4.59. The molecule has 0 unspecified atom stereocenters. The van der Waals surface area contributed by atoms with Crippen LogP contribution in [0.3, 0.4) is 0 Å². The van der Waals surface area contributed by atoms with E-state index in [0.29, 0.717) is 33.1 Å². The SMILES string of the molecule is CC(=O)CCC(=O)n1ncc2cc(F)c(-c3cccc4c3c(C)nn4CC(=O)NCC(=O)NCC(=O)OC(C)(C)C)cc21. The third-order valence-electron chi connectivity index (χ3n) is 6.42. The Morgan fingerprint density at radius 3 is 2.37 bits per heavy atom. The first-order chi connectivity index (χ1) is 20.2. The van der Waals surface area contributed by atoms with Gasteiger partial charge in [0.1, 0.15) is 30.3 Å². The van der Waals surface area contributed by atoms with Gasteiger partial charge in [-0.2, -0.15) is 10.2 Å². The van der Waals surface area contributed by atoms with Gasteiger partial charge in [0.2, 0.25) is 17.7 Å². The first-order valence-corrected chi connectivity index (χ1v) is 13.6. The molecular formula is C30H33FN6O6. The van der Waals surface area contributed by atoms with Gasteiger partial charge in [-0.05, 0) is 58.4 Å². The Balaban J connectivity index is 1.52. The number of carbonyl (C=O) groups excluding carboxylic acids is 5. The summed E-state index contributed by atoms with van der Waals surface area (Å²) in [6.45, 7) is 7.38. The monoisotopic (exact) mass is 592 g/mol. The fraction of sp³-hybridized carbons (Fsp3) is 0.367. The van der Waals surface area contributed by atoms with Gasteiger partial charge >= 0.3 is 5.97 Å². The van der Waals surface area contributed by atoms with Crippen molar-refractivity contribution in [3.05, 3.63) is 48.0 Å². The molecule has 0 fully saturated rings. The fourth-order valence-corrected chi connectivity index (χ4v) is 4.59. The van der Waals surface area contributed by atoms with Crippen LogP contribution in [0.15, 0.2) is 36.5 Å².